The third-order valence-electron chi connectivity index (χ3n) is 1.82. The van der Waals surface area contributed by atoms with Crippen molar-refractivity contribution in [3.63, 3.8) is 0 Å². The van der Waals surface area contributed by atoms with E-state index in [9.17, 15) is 4.79 Å². The molecule has 3 heteroatoms. The SMILES string of the molecule is CCCCCCCC=CC(=O)OO. The van der Waals surface area contributed by atoms with Crippen molar-refractivity contribution in [1.82, 2.24) is 0 Å². The van der Waals surface area contributed by atoms with E-state index in [1.54, 1.807) is 6.08 Å². The second kappa shape index (κ2) is 9.26. The first kappa shape index (κ1) is 12.2. The maximum atomic E-state index is 10.4. The van der Waals surface area contributed by atoms with Gasteiger partial charge in [-0.15, -0.1) is 0 Å². The first-order valence-electron chi connectivity index (χ1n) is 4.83. The van der Waals surface area contributed by atoms with Crippen molar-refractivity contribution in [2.75, 3.05) is 0 Å². The highest BCUT2D eigenvalue weighted by Crippen LogP contribution is 2.05. The molecule has 0 atom stereocenters. The molecular weight excluding hydrogens is 168 g/mol. The minimum Gasteiger partial charge on any atom is -0.296 e. The quantitative estimate of drug-likeness (QED) is 0.288. The average Bonchev–Trinajstić information content (AvgIpc) is 2.16. The Morgan fingerprint density at radius 2 is 2.00 bits per heavy atom. The van der Waals surface area contributed by atoms with Gasteiger partial charge in [0.15, 0.2) is 0 Å². The highest BCUT2D eigenvalue weighted by atomic mass is 17.1. The zero-order valence-electron chi connectivity index (χ0n) is 8.16. The summed E-state index contributed by atoms with van der Waals surface area (Å²) in [5, 5.41) is 7.91. The van der Waals surface area contributed by atoms with Gasteiger partial charge in [0.1, 0.15) is 0 Å². The number of rotatable bonds is 7. The van der Waals surface area contributed by atoms with Gasteiger partial charge in [-0.1, -0.05) is 38.7 Å². The van der Waals surface area contributed by atoms with Gasteiger partial charge >= 0.3 is 5.97 Å². The summed E-state index contributed by atoms with van der Waals surface area (Å²) in [5.74, 6) is -0.700. The topological polar surface area (TPSA) is 46.5 Å². The van der Waals surface area contributed by atoms with Gasteiger partial charge in [0.05, 0.1) is 0 Å². The van der Waals surface area contributed by atoms with Crippen LogP contribution in [0.15, 0.2) is 12.2 Å². The van der Waals surface area contributed by atoms with Crippen LogP contribution in [0.2, 0.25) is 0 Å². The van der Waals surface area contributed by atoms with Crippen molar-refractivity contribution in [1.29, 1.82) is 0 Å². The molecule has 0 aromatic rings. The summed E-state index contributed by atoms with van der Waals surface area (Å²) in [7, 11) is 0. The van der Waals surface area contributed by atoms with Crippen LogP contribution in [0, 0.1) is 0 Å². The Labute approximate surface area is 79.3 Å². The minimum absolute atomic E-state index is 0.700. The molecule has 3 nitrogen and oxygen atoms in total. The van der Waals surface area contributed by atoms with Crippen LogP contribution in [0.4, 0.5) is 0 Å². The molecule has 0 amide bonds. The second-order valence-electron chi connectivity index (χ2n) is 3.02. The van der Waals surface area contributed by atoms with E-state index in [1.165, 1.54) is 31.8 Å². The molecule has 0 saturated carbocycles. The smallest absolute Gasteiger partial charge is 0.296 e. The third kappa shape index (κ3) is 9.08. The maximum Gasteiger partial charge on any atom is 0.365 e. The van der Waals surface area contributed by atoms with Crippen molar-refractivity contribution in [2.45, 2.75) is 45.4 Å². The third-order valence-corrected chi connectivity index (χ3v) is 1.82. The predicted octanol–water partition coefficient (Wildman–Crippen LogP) is 2.92. The summed E-state index contributed by atoms with van der Waals surface area (Å²) in [5.41, 5.74) is 0. The lowest BCUT2D eigenvalue weighted by Crippen LogP contribution is -1.93. The van der Waals surface area contributed by atoms with E-state index in [2.05, 4.69) is 11.8 Å². The number of hydrogen-bond acceptors (Lipinski definition) is 3. The number of allylic oxidation sites excluding steroid dienone is 1. The Kier molecular flexibility index (Phi) is 8.67. The van der Waals surface area contributed by atoms with E-state index in [0.29, 0.717) is 0 Å². The first-order valence-corrected chi connectivity index (χ1v) is 4.83. The van der Waals surface area contributed by atoms with Crippen LogP contribution < -0.4 is 0 Å². The lowest BCUT2D eigenvalue weighted by atomic mass is 10.1. The van der Waals surface area contributed by atoms with E-state index in [0.717, 1.165) is 12.8 Å². The maximum absolute atomic E-state index is 10.4. The molecule has 0 aliphatic rings. The van der Waals surface area contributed by atoms with Gasteiger partial charge in [0.2, 0.25) is 0 Å². The van der Waals surface area contributed by atoms with E-state index >= 15 is 0 Å². The molecule has 0 aromatic carbocycles. The van der Waals surface area contributed by atoms with Crippen LogP contribution in [0.25, 0.3) is 0 Å². The lowest BCUT2D eigenvalue weighted by Gasteiger charge is -1.95. The normalized spacial score (nSPS) is 10.6. The molecule has 0 aromatic heterocycles. The fourth-order valence-electron chi connectivity index (χ4n) is 1.08. The summed E-state index contributed by atoms with van der Waals surface area (Å²) in [6, 6.07) is 0. The number of unbranched alkanes of at least 4 members (excludes halogenated alkanes) is 5. The molecule has 13 heavy (non-hydrogen) atoms. The Morgan fingerprint density at radius 1 is 1.31 bits per heavy atom. The lowest BCUT2D eigenvalue weighted by molar-refractivity contribution is -0.228. The highest BCUT2D eigenvalue weighted by molar-refractivity contribution is 5.81. The van der Waals surface area contributed by atoms with Gasteiger partial charge in [0.25, 0.3) is 0 Å². The van der Waals surface area contributed by atoms with Gasteiger partial charge in [-0.2, -0.15) is 5.26 Å². The molecule has 0 fully saturated rings. The standard InChI is InChI=1S/C10H18O3/c1-2-3-4-5-6-7-8-9-10(11)13-12/h8-9,12H,2-7H2,1H3. The van der Waals surface area contributed by atoms with E-state index in [1.807, 2.05) is 0 Å². The van der Waals surface area contributed by atoms with Gasteiger partial charge in [-0.05, 0) is 12.8 Å². The second-order valence-corrected chi connectivity index (χ2v) is 3.02. The molecular formula is C10H18O3. The van der Waals surface area contributed by atoms with E-state index in [-0.39, 0.29) is 0 Å². The molecule has 0 rings (SSSR count). The fraction of sp³-hybridized carbons (Fsp3) is 0.700. The molecule has 0 unspecified atom stereocenters. The zero-order chi connectivity index (χ0) is 9.94. The summed E-state index contributed by atoms with van der Waals surface area (Å²) in [6.45, 7) is 2.18. The van der Waals surface area contributed by atoms with Crippen molar-refractivity contribution < 1.29 is 14.9 Å². The molecule has 0 heterocycles. The molecule has 0 spiro atoms. The Morgan fingerprint density at radius 3 is 2.62 bits per heavy atom. The summed E-state index contributed by atoms with van der Waals surface area (Å²) >= 11 is 0. The van der Waals surface area contributed by atoms with Crippen molar-refractivity contribution in [3.8, 4) is 0 Å². The average molecular weight is 186 g/mol. The van der Waals surface area contributed by atoms with Crippen molar-refractivity contribution >= 4 is 5.97 Å². The van der Waals surface area contributed by atoms with Crippen molar-refractivity contribution in [3.05, 3.63) is 12.2 Å². The first-order chi connectivity index (χ1) is 6.31. The van der Waals surface area contributed by atoms with Gasteiger partial charge in [-0.3, -0.25) is 4.89 Å². The van der Waals surface area contributed by atoms with E-state index < -0.39 is 5.97 Å². The van der Waals surface area contributed by atoms with Gasteiger partial charge in [-0.25, -0.2) is 4.79 Å². The summed E-state index contributed by atoms with van der Waals surface area (Å²) in [4.78, 5) is 13.9. The molecule has 1 N–H and O–H groups in total. The van der Waals surface area contributed by atoms with Crippen LogP contribution in [0.1, 0.15) is 45.4 Å². The van der Waals surface area contributed by atoms with Gasteiger partial charge in [0, 0.05) is 6.08 Å². The monoisotopic (exact) mass is 186 g/mol. The summed E-state index contributed by atoms with van der Waals surface area (Å²) in [6.07, 6.45) is 9.93. The molecule has 0 aliphatic carbocycles. The number of hydrogen-bond donors (Lipinski definition) is 1. The Hall–Kier alpha value is -0.830. The fourth-order valence-corrected chi connectivity index (χ4v) is 1.08. The zero-order valence-corrected chi connectivity index (χ0v) is 8.16. The van der Waals surface area contributed by atoms with Gasteiger partial charge < -0.3 is 0 Å². The van der Waals surface area contributed by atoms with Crippen molar-refractivity contribution in [2.24, 2.45) is 0 Å². The molecule has 0 saturated heterocycles. The Bertz CT molecular complexity index is 152. The molecule has 0 radical (unpaired) electrons. The van der Waals surface area contributed by atoms with Crippen LogP contribution in [-0.4, -0.2) is 11.2 Å². The van der Waals surface area contributed by atoms with Crippen LogP contribution in [-0.2, 0) is 9.68 Å². The predicted molar refractivity (Wildman–Crippen MR) is 51.2 cm³/mol. The van der Waals surface area contributed by atoms with Crippen LogP contribution in [0.3, 0.4) is 0 Å². The molecule has 0 bridgehead atoms. The molecule has 76 valence electrons. The summed E-state index contributed by atoms with van der Waals surface area (Å²) < 4.78 is 0. The Balaban J connectivity index is 3.15. The largest absolute Gasteiger partial charge is 0.365 e. The van der Waals surface area contributed by atoms with E-state index in [4.69, 9.17) is 5.26 Å². The minimum atomic E-state index is -0.700. The van der Waals surface area contributed by atoms with Crippen LogP contribution >= 0.6 is 0 Å². The number of carbonyl (C=O) groups is 1. The highest BCUT2D eigenvalue weighted by Gasteiger charge is 1.91. The van der Waals surface area contributed by atoms with Crippen LogP contribution in [0.5, 0.6) is 0 Å². The number of carbonyl (C=O) groups excluding carboxylic acids is 1. The molecule has 0 aliphatic heterocycles.